The summed E-state index contributed by atoms with van der Waals surface area (Å²) in [5.74, 6) is 0.760. The maximum atomic E-state index is 5.11. The molecule has 0 N–H and O–H groups in total. The van der Waals surface area contributed by atoms with Crippen molar-refractivity contribution in [1.82, 2.24) is 9.97 Å². The summed E-state index contributed by atoms with van der Waals surface area (Å²) in [6, 6.07) is 56.3. The predicted molar refractivity (Wildman–Crippen MR) is 202 cm³/mol. The molecular weight excluding hydrogens is 581 g/mol. The van der Waals surface area contributed by atoms with Gasteiger partial charge in [0.05, 0.1) is 11.4 Å². The van der Waals surface area contributed by atoms with Gasteiger partial charge in [-0.25, -0.2) is 9.97 Å². The first-order valence-corrected chi connectivity index (χ1v) is 16.6. The van der Waals surface area contributed by atoms with Crippen LogP contribution in [-0.4, -0.2) is 9.97 Å². The minimum absolute atomic E-state index is 0.760. The molecule has 0 bridgehead atoms. The van der Waals surface area contributed by atoms with Gasteiger partial charge in [0.1, 0.15) is 0 Å². The molecule has 0 saturated carbocycles. The van der Waals surface area contributed by atoms with Gasteiger partial charge >= 0.3 is 0 Å². The first kappa shape index (κ1) is 28.1. The molecule has 7 aromatic carbocycles. The summed E-state index contributed by atoms with van der Waals surface area (Å²) in [5, 5.41) is 7.77. The Hall–Kier alpha value is -6.12. The van der Waals surface area contributed by atoms with Crippen molar-refractivity contribution in [2.75, 3.05) is 0 Å². The largest absolute Gasteiger partial charge is 0.228 e. The van der Waals surface area contributed by atoms with Crippen LogP contribution in [0.15, 0.2) is 170 Å². The van der Waals surface area contributed by atoms with Crippen molar-refractivity contribution in [3.8, 4) is 33.6 Å². The molecule has 1 heterocycles. The Balaban J connectivity index is 1.16. The van der Waals surface area contributed by atoms with Gasteiger partial charge in [-0.1, -0.05) is 152 Å². The summed E-state index contributed by atoms with van der Waals surface area (Å²) in [6.07, 6.45) is 6.50. The van der Waals surface area contributed by atoms with E-state index in [9.17, 15) is 0 Å². The molecule has 2 heteroatoms. The zero-order chi connectivity index (χ0) is 31.9. The highest BCUT2D eigenvalue weighted by Crippen LogP contribution is 2.41. The molecule has 0 saturated heterocycles. The van der Waals surface area contributed by atoms with Gasteiger partial charge in [-0.3, -0.25) is 0 Å². The molecule has 1 aliphatic rings. The van der Waals surface area contributed by atoms with Gasteiger partial charge in [0, 0.05) is 16.7 Å². The van der Waals surface area contributed by atoms with E-state index in [1.165, 1.54) is 54.6 Å². The lowest BCUT2D eigenvalue weighted by Crippen LogP contribution is -2.01. The Kier molecular flexibility index (Phi) is 6.98. The number of benzene rings is 7. The smallest absolute Gasteiger partial charge is 0.160 e. The molecule has 8 aromatic rings. The van der Waals surface area contributed by atoms with Crippen LogP contribution < -0.4 is 0 Å². The van der Waals surface area contributed by atoms with Crippen molar-refractivity contribution in [3.63, 3.8) is 0 Å². The second-order valence-electron chi connectivity index (χ2n) is 12.5. The molecule has 0 spiro atoms. The van der Waals surface area contributed by atoms with Crippen molar-refractivity contribution >= 4 is 43.5 Å². The summed E-state index contributed by atoms with van der Waals surface area (Å²) in [7, 11) is 0. The molecule has 226 valence electrons. The van der Waals surface area contributed by atoms with Gasteiger partial charge < -0.3 is 0 Å². The quantitative estimate of drug-likeness (QED) is 0.181. The Morgan fingerprint density at radius 1 is 0.417 bits per heavy atom. The molecule has 0 unspecified atom stereocenters. The monoisotopic (exact) mass is 612 g/mol. The van der Waals surface area contributed by atoms with Crippen LogP contribution in [-0.2, 0) is 0 Å². The molecule has 48 heavy (non-hydrogen) atoms. The maximum Gasteiger partial charge on any atom is 0.160 e. The average molecular weight is 613 g/mol. The van der Waals surface area contributed by atoms with Gasteiger partial charge in [-0.05, 0) is 85.6 Å². The Morgan fingerprint density at radius 2 is 0.917 bits per heavy atom. The molecule has 2 nitrogen and oxygen atoms in total. The second kappa shape index (κ2) is 11.9. The van der Waals surface area contributed by atoms with Crippen LogP contribution >= 0.6 is 0 Å². The van der Waals surface area contributed by atoms with Crippen LogP contribution in [0.25, 0.3) is 77.1 Å². The van der Waals surface area contributed by atoms with E-state index in [-0.39, 0.29) is 0 Å². The minimum Gasteiger partial charge on any atom is -0.228 e. The SMILES string of the molecule is C1=C(c2cccc(-c3cccc4c5ccccc5c5ccccc5c34)c2)CCC=C1c1nc(-c2ccccc2)cc(-c2ccccc2)n1. The highest BCUT2D eigenvalue weighted by atomic mass is 14.9. The van der Waals surface area contributed by atoms with E-state index in [0.29, 0.717) is 0 Å². The predicted octanol–water partition coefficient (Wildman–Crippen LogP) is 12.2. The lowest BCUT2D eigenvalue weighted by Gasteiger charge is -2.17. The highest BCUT2D eigenvalue weighted by molar-refractivity contribution is 6.28. The highest BCUT2D eigenvalue weighted by Gasteiger charge is 2.17. The Labute approximate surface area is 280 Å². The summed E-state index contributed by atoms with van der Waals surface area (Å²) >= 11 is 0. The van der Waals surface area contributed by atoms with Crippen molar-refractivity contribution in [2.45, 2.75) is 12.8 Å². The molecule has 1 aliphatic carbocycles. The molecule has 0 atom stereocenters. The van der Waals surface area contributed by atoms with Crippen molar-refractivity contribution in [2.24, 2.45) is 0 Å². The van der Waals surface area contributed by atoms with E-state index in [1.54, 1.807) is 0 Å². The molecule has 1 aromatic heterocycles. The normalized spacial score (nSPS) is 13.1. The standard InChI is InChI=1S/C46H32N2/c1-3-14-31(15-4-1)43-30-44(32-16-5-2-6-17-32)48-46(47-43)36-21-12-19-34(29-36)33-18-11-20-35(28-33)37-26-13-27-42-40-23-8-7-22-38(40)39-24-9-10-25-41(39)45(37)42/h1-11,13-18,20-30H,12,19H2. The molecule has 0 fully saturated rings. The van der Waals surface area contributed by atoms with Gasteiger partial charge in [0.15, 0.2) is 5.82 Å². The minimum atomic E-state index is 0.760. The van der Waals surface area contributed by atoms with Crippen LogP contribution in [0.4, 0.5) is 0 Å². The second-order valence-corrected chi connectivity index (χ2v) is 12.5. The third kappa shape index (κ3) is 4.99. The Morgan fingerprint density at radius 3 is 1.56 bits per heavy atom. The van der Waals surface area contributed by atoms with Crippen LogP contribution in [0, 0.1) is 0 Å². The van der Waals surface area contributed by atoms with Gasteiger partial charge in [-0.15, -0.1) is 0 Å². The Bertz CT molecular complexity index is 2440. The van der Waals surface area contributed by atoms with Crippen LogP contribution in [0.5, 0.6) is 0 Å². The van der Waals surface area contributed by atoms with Crippen LogP contribution in [0.1, 0.15) is 24.2 Å². The average Bonchev–Trinajstić information content (AvgIpc) is 3.18. The van der Waals surface area contributed by atoms with Crippen LogP contribution in [0.3, 0.4) is 0 Å². The topological polar surface area (TPSA) is 25.8 Å². The van der Waals surface area contributed by atoms with E-state index >= 15 is 0 Å². The number of hydrogen-bond donors (Lipinski definition) is 0. The first-order valence-electron chi connectivity index (χ1n) is 16.6. The fraction of sp³-hybridized carbons (Fsp3) is 0.0435. The number of hydrogen-bond acceptors (Lipinski definition) is 2. The third-order valence-electron chi connectivity index (χ3n) is 9.54. The van der Waals surface area contributed by atoms with Crippen LogP contribution in [0.2, 0.25) is 0 Å². The van der Waals surface area contributed by atoms with Crippen molar-refractivity contribution in [1.29, 1.82) is 0 Å². The van der Waals surface area contributed by atoms with E-state index in [1.807, 2.05) is 12.1 Å². The summed E-state index contributed by atoms with van der Waals surface area (Å²) in [4.78, 5) is 10.2. The van der Waals surface area contributed by atoms with Crippen molar-refractivity contribution in [3.05, 3.63) is 181 Å². The molecule has 9 rings (SSSR count). The van der Waals surface area contributed by atoms with Crippen molar-refractivity contribution < 1.29 is 0 Å². The first-order chi connectivity index (χ1) is 23.8. The summed E-state index contributed by atoms with van der Waals surface area (Å²) in [5.41, 5.74) is 10.1. The number of rotatable bonds is 5. The van der Waals surface area contributed by atoms with Gasteiger partial charge in [0.2, 0.25) is 0 Å². The molecule has 0 amide bonds. The molecule has 0 radical (unpaired) electrons. The number of nitrogens with zero attached hydrogens (tertiary/aromatic N) is 2. The zero-order valence-corrected chi connectivity index (χ0v) is 26.5. The molecular formula is C46H32N2. The van der Waals surface area contributed by atoms with E-state index in [4.69, 9.17) is 9.97 Å². The molecule has 0 aliphatic heterocycles. The fourth-order valence-electron chi connectivity index (χ4n) is 7.26. The van der Waals surface area contributed by atoms with E-state index in [2.05, 4.69) is 158 Å². The summed E-state index contributed by atoms with van der Waals surface area (Å²) in [6.45, 7) is 0. The lowest BCUT2D eigenvalue weighted by atomic mass is 9.87. The van der Waals surface area contributed by atoms with Gasteiger partial charge in [-0.2, -0.15) is 0 Å². The lowest BCUT2D eigenvalue weighted by molar-refractivity contribution is 1.04. The maximum absolute atomic E-state index is 5.11. The van der Waals surface area contributed by atoms with Gasteiger partial charge in [0.25, 0.3) is 0 Å². The number of fused-ring (bicyclic) bond motifs is 6. The number of allylic oxidation sites excluding steroid dienone is 4. The number of aromatic nitrogens is 2. The van der Waals surface area contributed by atoms with E-state index in [0.717, 1.165) is 46.8 Å². The summed E-state index contributed by atoms with van der Waals surface area (Å²) < 4.78 is 0. The fourth-order valence-corrected chi connectivity index (χ4v) is 7.26. The third-order valence-corrected chi connectivity index (χ3v) is 9.54. The zero-order valence-electron chi connectivity index (χ0n) is 26.5. The van der Waals surface area contributed by atoms with E-state index < -0.39 is 0 Å².